The van der Waals surface area contributed by atoms with E-state index in [1.807, 2.05) is 0 Å². The molecule has 14 heavy (non-hydrogen) atoms. The van der Waals surface area contributed by atoms with Crippen molar-refractivity contribution >= 4 is 11.9 Å². The normalized spacial score (nSPS) is 11.8. The van der Waals surface area contributed by atoms with Crippen LogP contribution in [0.5, 0.6) is 0 Å². The molecule has 0 bridgehead atoms. The first-order chi connectivity index (χ1) is 6.61. The highest BCUT2D eigenvalue weighted by Crippen LogP contribution is 2.14. The molecule has 0 aliphatic carbocycles. The van der Waals surface area contributed by atoms with Crippen molar-refractivity contribution in [2.45, 2.75) is 13.0 Å². The van der Waals surface area contributed by atoms with Gasteiger partial charge in [0, 0.05) is 13.1 Å². The number of rotatable bonds is 3. The number of aromatic nitrogens is 1. The number of hydrogen-bond acceptors (Lipinski definition) is 4. The predicted octanol–water partition coefficient (Wildman–Crippen LogP) is 0.770. The van der Waals surface area contributed by atoms with E-state index in [0.717, 1.165) is 6.92 Å². The van der Waals surface area contributed by atoms with Crippen molar-refractivity contribution in [1.82, 2.24) is 4.98 Å². The first kappa shape index (κ1) is 10.2. The third-order valence-electron chi connectivity index (χ3n) is 1.46. The Morgan fingerprint density at radius 1 is 1.50 bits per heavy atom. The van der Waals surface area contributed by atoms with Gasteiger partial charge < -0.3 is 9.84 Å². The van der Waals surface area contributed by atoms with Gasteiger partial charge in [0.2, 0.25) is 6.10 Å². The quantitative estimate of drug-likeness (QED) is 0.721. The van der Waals surface area contributed by atoms with Crippen LogP contribution in [0.3, 0.4) is 0 Å². The Balaban J connectivity index is 2.89. The molecule has 0 aliphatic heterocycles. The molecular formula is C9H9NO4. The van der Waals surface area contributed by atoms with Crippen molar-refractivity contribution in [2.24, 2.45) is 0 Å². The third-order valence-corrected chi connectivity index (χ3v) is 1.46. The highest BCUT2D eigenvalue weighted by Gasteiger charge is 2.23. The number of carboxylic acid groups (broad SMARTS) is 1. The number of esters is 1. The topological polar surface area (TPSA) is 76.5 Å². The van der Waals surface area contributed by atoms with Crippen LogP contribution in [0.1, 0.15) is 18.7 Å². The molecular weight excluding hydrogens is 186 g/mol. The van der Waals surface area contributed by atoms with Gasteiger partial charge in [-0.15, -0.1) is 0 Å². The molecule has 1 N–H and O–H groups in total. The number of aliphatic carboxylic acids is 1. The summed E-state index contributed by atoms with van der Waals surface area (Å²) in [5.41, 5.74) is 0.204. The van der Waals surface area contributed by atoms with Gasteiger partial charge in [0.1, 0.15) is 0 Å². The zero-order valence-electron chi connectivity index (χ0n) is 7.51. The minimum atomic E-state index is -1.33. The van der Waals surface area contributed by atoms with Gasteiger partial charge in [-0.3, -0.25) is 9.78 Å². The Kier molecular flexibility index (Phi) is 3.17. The fourth-order valence-corrected chi connectivity index (χ4v) is 0.934. The van der Waals surface area contributed by atoms with Crippen LogP contribution in [-0.2, 0) is 14.3 Å². The Labute approximate surface area is 80.3 Å². The number of carbonyl (C=O) groups excluding carboxylic acids is 1. The molecule has 1 unspecified atom stereocenters. The SMILES string of the molecule is CC(=O)OC(C(=O)O)c1ccccn1. The van der Waals surface area contributed by atoms with Gasteiger partial charge in [0.05, 0.1) is 5.69 Å². The van der Waals surface area contributed by atoms with Crippen molar-refractivity contribution in [2.75, 3.05) is 0 Å². The summed E-state index contributed by atoms with van der Waals surface area (Å²) in [6, 6.07) is 4.76. The maximum atomic E-state index is 10.7. The molecule has 1 aromatic heterocycles. The fraction of sp³-hybridized carbons (Fsp3) is 0.222. The predicted molar refractivity (Wildman–Crippen MR) is 46.4 cm³/mol. The van der Waals surface area contributed by atoms with E-state index in [9.17, 15) is 9.59 Å². The molecule has 1 aromatic rings. The van der Waals surface area contributed by atoms with E-state index in [1.165, 1.54) is 12.3 Å². The van der Waals surface area contributed by atoms with E-state index in [-0.39, 0.29) is 5.69 Å². The molecule has 0 radical (unpaired) electrons. The van der Waals surface area contributed by atoms with E-state index in [4.69, 9.17) is 5.11 Å². The van der Waals surface area contributed by atoms with Gasteiger partial charge in [-0.25, -0.2) is 4.79 Å². The minimum Gasteiger partial charge on any atom is -0.478 e. The summed E-state index contributed by atoms with van der Waals surface area (Å²) in [4.78, 5) is 25.1. The molecule has 5 nitrogen and oxygen atoms in total. The summed E-state index contributed by atoms with van der Waals surface area (Å²) in [5, 5.41) is 8.76. The van der Waals surface area contributed by atoms with E-state index in [2.05, 4.69) is 9.72 Å². The van der Waals surface area contributed by atoms with Gasteiger partial charge >= 0.3 is 11.9 Å². The van der Waals surface area contributed by atoms with Crippen LogP contribution in [0.2, 0.25) is 0 Å². The lowest BCUT2D eigenvalue weighted by Crippen LogP contribution is -2.18. The highest BCUT2D eigenvalue weighted by molar-refractivity contribution is 5.77. The summed E-state index contributed by atoms with van der Waals surface area (Å²) >= 11 is 0. The van der Waals surface area contributed by atoms with Gasteiger partial charge in [-0.1, -0.05) is 6.07 Å². The molecule has 0 saturated carbocycles. The van der Waals surface area contributed by atoms with Crippen LogP contribution in [0, 0.1) is 0 Å². The molecule has 0 aliphatic rings. The largest absolute Gasteiger partial charge is 0.478 e. The Morgan fingerprint density at radius 3 is 2.64 bits per heavy atom. The first-order valence-electron chi connectivity index (χ1n) is 3.92. The summed E-state index contributed by atoms with van der Waals surface area (Å²) < 4.78 is 4.60. The lowest BCUT2D eigenvalue weighted by molar-refractivity contribution is -0.163. The molecule has 0 saturated heterocycles. The standard InChI is InChI=1S/C9H9NO4/c1-6(11)14-8(9(12)13)7-4-2-3-5-10-7/h2-5,8H,1H3,(H,12,13). The van der Waals surface area contributed by atoms with Crippen LogP contribution in [-0.4, -0.2) is 22.0 Å². The molecule has 1 atom stereocenters. The van der Waals surface area contributed by atoms with Gasteiger partial charge in [0.25, 0.3) is 0 Å². The molecule has 0 aromatic carbocycles. The number of ether oxygens (including phenoxy) is 1. The molecule has 74 valence electrons. The van der Waals surface area contributed by atoms with Crippen molar-refractivity contribution < 1.29 is 19.4 Å². The summed E-state index contributed by atoms with van der Waals surface area (Å²) in [6.07, 6.45) is 0.114. The number of carboxylic acids is 1. The van der Waals surface area contributed by atoms with Gasteiger partial charge in [-0.2, -0.15) is 0 Å². The average Bonchev–Trinajstić information content (AvgIpc) is 2.15. The second-order valence-corrected chi connectivity index (χ2v) is 2.58. The lowest BCUT2D eigenvalue weighted by atomic mass is 10.2. The first-order valence-corrected chi connectivity index (χ1v) is 3.92. The molecule has 1 rings (SSSR count). The van der Waals surface area contributed by atoms with E-state index in [1.54, 1.807) is 12.1 Å². The van der Waals surface area contributed by atoms with Crippen LogP contribution >= 0.6 is 0 Å². The molecule has 0 spiro atoms. The lowest BCUT2D eigenvalue weighted by Gasteiger charge is -2.10. The number of pyridine rings is 1. The summed E-state index contributed by atoms with van der Waals surface area (Å²) in [7, 11) is 0. The second kappa shape index (κ2) is 4.36. The maximum absolute atomic E-state index is 10.7. The number of hydrogen-bond donors (Lipinski definition) is 1. The van der Waals surface area contributed by atoms with E-state index < -0.39 is 18.0 Å². The summed E-state index contributed by atoms with van der Waals surface area (Å²) in [6.45, 7) is 1.15. The smallest absolute Gasteiger partial charge is 0.351 e. The Hall–Kier alpha value is -1.91. The van der Waals surface area contributed by atoms with Crippen molar-refractivity contribution in [3.05, 3.63) is 30.1 Å². The van der Waals surface area contributed by atoms with Crippen LogP contribution in [0.4, 0.5) is 0 Å². The molecule has 0 amide bonds. The second-order valence-electron chi connectivity index (χ2n) is 2.58. The number of carbonyl (C=O) groups is 2. The van der Waals surface area contributed by atoms with Crippen LogP contribution in [0.15, 0.2) is 24.4 Å². The zero-order chi connectivity index (χ0) is 10.6. The van der Waals surface area contributed by atoms with Gasteiger partial charge in [0.15, 0.2) is 0 Å². The third kappa shape index (κ3) is 2.55. The molecule has 1 heterocycles. The van der Waals surface area contributed by atoms with E-state index >= 15 is 0 Å². The number of nitrogens with zero attached hydrogens (tertiary/aromatic N) is 1. The highest BCUT2D eigenvalue weighted by atomic mass is 16.6. The molecule has 0 fully saturated rings. The van der Waals surface area contributed by atoms with Crippen molar-refractivity contribution in [3.63, 3.8) is 0 Å². The fourth-order valence-electron chi connectivity index (χ4n) is 0.934. The van der Waals surface area contributed by atoms with E-state index in [0.29, 0.717) is 0 Å². The van der Waals surface area contributed by atoms with Crippen molar-refractivity contribution in [1.29, 1.82) is 0 Å². The maximum Gasteiger partial charge on any atom is 0.351 e. The minimum absolute atomic E-state index is 0.204. The Bertz CT molecular complexity index is 336. The summed E-state index contributed by atoms with van der Waals surface area (Å²) in [5.74, 6) is -1.89. The molecule has 5 heteroatoms. The van der Waals surface area contributed by atoms with Gasteiger partial charge in [-0.05, 0) is 12.1 Å². The van der Waals surface area contributed by atoms with Crippen LogP contribution in [0.25, 0.3) is 0 Å². The zero-order valence-corrected chi connectivity index (χ0v) is 7.51. The van der Waals surface area contributed by atoms with Crippen molar-refractivity contribution in [3.8, 4) is 0 Å². The van der Waals surface area contributed by atoms with Crippen LogP contribution < -0.4 is 0 Å². The average molecular weight is 195 g/mol. The Morgan fingerprint density at radius 2 is 2.21 bits per heavy atom. The monoisotopic (exact) mass is 195 g/mol.